The molecule has 5 nitrogen and oxygen atoms in total. The smallest absolute Gasteiger partial charge is 0.216 e. The average Bonchev–Trinajstić information content (AvgIpc) is 2.55. The molecule has 1 aliphatic rings. The van der Waals surface area contributed by atoms with Crippen LogP contribution in [0.25, 0.3) is 0 Å². The molecule has 2 aromatic heterocycles. The van der Waals surface area contributed by atoms with Crippen molar-refractivity contribution in [2.45, 2.75) is 31.5 Å². The van der Waals surface area contributed by atoms with Crippen LogP contribution in [-0.4, -0.2) is 15.8 Å². The molecule has 0 bridgehead atoms. The molecule has 2 aromatic rings. The summed E-state index contributed by atoms with van der Waals surface area (Å²) in [5.41, 5.74) is 0.946. The Bertz CT molecular complexity index is 826. The van der Waals surface area contributed by atoms with Crippen LogP contribution in [0.1, 0.15) is 30.1 Å². The summed E-state index contributed by atoms with van der Waals surface area (Å²) in [6.07, 6.45) is 5.31. The van der Waals surface area contributed by atoms with E-state index < -0.39 is 17.7 Å². The van der Waals surface area contributed by atoms with Gasteiger partial charge in [0.15, 0.2) is 17.6 Å². The van der Waals surface area contributed by atoms with Crippen LogP contribution in [0, 0.1) is 18.3 Å². The Hall–Kier alpha value is -2.49. The summed E-state index contributed by atoms with van der Waals surface area (Å²) in [7, 11) is 0. The van der Waals surface area contributed by atoms with Crippen molar-refractivity contribution in [3.63, 3.8) is 0 Å². The van der Waals surface area contributed by atoms with E-state index in [9.17, 15) is 10.4 Å². The zero-order valence-corrected chi connectivity index (χ0v) is 14.3. The number of aliphatic hydroxyl groups is 1. The fourth-order valence-electron chi connectivity index (χ4n) is 3.31. The van der Waals surface area contributed by atoms with Crippen LogP contribution in [0.3, 0.4) is 0 Å². The fraction of sp³-hybridized carbons (Fsp3) is 0.278. The van der Waals surface area contributed by atoms with Gasteiger partial charge < -0.3 is 23.1 Å². The number of nitrogens with zero attached hydrogens (tertiary/aromatic N) is 3. The van der Waals surface area contributed by atoms with Gasteiger partial charge in [0.1, 0.15) is 0 Å². The third kappa shape index (κ3) is 2.73. The van der Waals surface area contributed by atoms with E-state index in [1.165, 1.54) is 0 Å². The largest absolute Gasteiger partial charge is 0.762 e. The maximum Gasteiger partial charge on any atom is 0.216 e. The number of hydrogen-bond acceptors (Lipinski definition) is 5. The standard InChI is InChI=1S/C18H18N4OS/c1-12-6-3-4-9-22(12)16-15(13-7-5-8-20-11-13)14(10-19)17(24)21-18(16,2)23/h3-9,11,15-16,21,23H,1-2H3. The Morgan fingerprint density at radius 3 is 2.79 bits per heavy atom. The lowest BCUT2D eigenvalue weighted by molar-refractivity contribution is -0.746. The van der Waals surface area contributed by atoms with Crippen LogP contribution in [-0.2, 0) is 12.6 Å². The van der Waals surface area contributed by atoms with Gasteiger partial charge in [-0.05, 0) is 18.6 Å². The van der Waals surface area contributed by atoms with Gasteiger partial charge in [-0.25, -0.2) is 0 Å². The number of nitrogens with one attached hydrogen (secondary N) is 1. The predicted octanol–water partition coefficient (Wildman–Crippen LogP) is 1.60. The highest BCUT2D eigenvalue weighted by Gasteiger charge is 2.50. The van der Waals surface area contributed by atoms with Crippen molar-refractivity contribution in [3.8, 4) is 6.07 Å². The number of allylic oxidation sites excluding steroid dienone is 1. The lowest BCUT2D eigenvalue weighted by Gasteiger charge is -2.43. The minimum absolute atomic E-state index is 0.279. The molecular weight excluding hydrogens is 320 g/mol. The van der Waals surface area contributed by atoms with Gasteiger partial charge in [-0.15, -0.1) is 0 Å². The molecule has 0 saturated carbocycles. The van der Waals surface area contributed by atoms with Crippen molar-refractivity contribution in [1.82, 2.24) is 10.3 Å². The minimum atomic E-state index is -1.31. The molecule has 3 rings (SSSR count). The number of pyridine rings is 2. The summed E-state index contributed by atoms with van der Waals surface area (Å²) in [5, 5.41) is 23.9. The van der Waals surface area contributed by atoms with E-state index in [0.717, 1.165) is 11.3 Å². The summed E-state index contributed by atoms with van der Waals surface area (Å²) < 4.78 is 1.98. The van der Waals surface area contributed by atoms with Crippen molar-refractivity contribution in [2.75, 3.05) is 0 Å². The average molecular weight is 338 g/mol. The highest BCUT2D eigenvalue weighted by Crippen LogP contribution is 2.42. The number of rotatable bonds is 2. The van der Waals surface area contributed by atoms with Gasteiger partial charge in [0.25, 0.3) is 0 Å². The first-order chi connectivity index (χ1) is 11.5. The van der Waals surface area contributed by atoms with Crippen molar-refractivity contribution in [3.05, 3.63) is 70.8 Å². The summed E-state index contributed by atoms with van der Waals surface area (Å²) in [6, 6.07) is 11.3. The van der Waals surface area contributed by atoms with Gasteiger partial charge in [-0.2, -0.15) is 9.83 Å². The SMILES string of the molecule is Cc1cccc[n+]1C1C(c2cccnc2)C(C#N)=C([S-])NC1(C)O. The Labute approximate surface area is 146 Å². The van der Waals surface area contributed by atoms with Crippen molar-refractivity contribution < 1.29 is 9.67 Å². The van der Waals surface area contributed by atoms with Gasteiger partial charge >= 0.3 is 0 Å². The Balaban J connectivity index is 2.27. The van der Waals surface area contributed by atoms with Gasteiger partial charge in [0.2, 0.25) is 6.04 Å². The molecule has 2 N–H and O–H groups in total. The Kier molecular flexibility index (Phi) is 4.22. The van der Waals surface area contributed by atoms with Crippen LogP contribution in [0.2, 0.25) is 0 Å². The van der Waals surface area contributed by atoms with E-state index in [0.29, 0.717) is 5.57 Å². The molecule has 0 radical (unpaired) electrons. The minimum Gasteiger partial charge on any atom is -0.762 e. The van der Waals surface area contributed by atoms with E-state index in [1.807, 2.05) is 48.0 Å². The molecule has 0 fully saturated rings. The summed E-state index contributed by atoms with van der Waals surface area (Å²) in [5.74, 6) is -0.390. The van der Waals surface area contributed by atoms with Crippen LogP contribution >= 0.6 is 0 Å². The second-order valence-corrected chi connectivity index (χ2v) is 6.49. The maximum atomic E-state index is 11.1. The zero-order chi connectivity index (χ0) is 17.3. The highest BCUT2D eigenvalue weighted by molar-refractivity contribution is 7.63. The van der Waals surface area contributed by atoms with Gasteiger partial charge in [-0.1, -0.05) is 17.2 Å². The van der Waals surface area contributed by atoms with E-state index in [2.05, 4.69) is 16.4 Å². The molecule has 0 amide bonds. The molecule has 3 unspecified atom stereocenters. The first kappa shape index (κ1) is 16.4. The van der Waals surface area contributed by atoms with E-state index in [-0.39, 0.29) is 5.03 Å². The Morgan fingerprint density at radius 2 is 2.17 bits per heavy atom. The van der Waals surface area contributed by atoms with Gasteiger partial charge in [0, 0.05) is 37.0 Å². The Morgan fingerprint density at radius 1 is 1.38 bits per heavy atom. The van der Waals surface area contributed by atoms with Crippen molar-refractivity contribution >= 4 is 12.6 Å². The fourth-order valence-corrected chi connectivity index (χ4v) is 3.69. The molecule has 3 heterocycles. The first-order valence-electron chi connectivity index (χ1n) is 7.64. The van der Waals surface area contributed by atoms with Crippen molar-refractivity contribution in [1.29, 1.82) is 5.26 Å². The summed E-state index contributed by atoms with van der Waals surface area (Å²) >= 11 is 5.33. The highest BCUT2D eigenvalue weighted by atomic mass is 32.1. The number of hydrogen-bond donors (Lipinski definition) is 2. The second kappa shape index (κ2) is 6.19. The predicted molar refractivity (Wildman–Crippen MR) is 91.2 cm³/mol. The molecular formula is C18H18N4OS. The van der Waals surface area contributed by atoms with E-state index >= 15 is 0 Å². The van der Waals surface area contributed by atoms with Crippen LogP contribution in [0.15, 0.2) is 59.5 Å². The molecule has 0 aromatic carbocycles. The molecule has 1 aliphatic heterocycles. The molecule has 0 aliphatic carbocycles. The third-order valence-corrected chi connectivity index (χ3v) is 4.70. The number of aromatic nitrogens is 2. The second-order valence-electron chi connectivity index (χ2n) is 6.09. The molecule has 3 atom stereocenters. The van der Waals surface area contributed by atoms with E-state index in [4.69, 9.17) is 12.6 Å². The lowest BCUT2D eigenvalue weighted by Crippen LogP contribution is -2.64. The normalized spacial score (nSPS) is 26.6. The molecule has 0 spiro atoms. The van der Waals surface area contributed by atoms with E-state index in [1.54, 1.807) is 19.3 Å². The first-order valence-corrected chi connectivity index (χ1v) is 8.05. The van der Waals surface area contributed by atoms with Gasteiger partial charge in [0.05, 0.1) is 12.0 Å². The summed E-state index contributed by atoms with van der Waals surface area (Å²) in [6.45, 7) is 3.65. The van der Waals surface area contributed by atoms with Crippen LogP contribution in [0.5, 0.6) is 0 Å². The van der Waals surface area contributed by atoms with Crippen LogP contribution in [0.4, 0.5) is 0 Å². The molecule has 6 heteroatoms. The van der Waals surface area contributed by atoms with Crippen LogP contribution < -0.4 is 9.88 Å². The topological polar surface area (TPSA) is 72.8 Å². The summed E-state index contributed by atoms with van der Waals surface area (Å²) in [4.78, 5) is 4.17. The molecule has 0 saturated heterocycles. The molecule has 122 valence electrons. The number of nitriles is 1. The van der Waals surface area contributed by atoms with Gasteiger partial charge in [-0.3, -0.25) is 4.98 Å². The van der Waals surface area contributed by atoms with Crippen molar-refractivity contribution in [2.24, 2.45) is 0 Å². The zero-order valence-electron chi connectivity index (χ0n) is 13.5. The number of aryl methyl sites for hydroxylation is 1. The third-order valence-electron chi connectivity index (χ3n) is 4.38. The molecule has 24 heavy (non-hydrogen) atoms. The lowest BCUT2D eigenvalue weighted by atomic mass is 9.78. The monoisotopic (exact) mass is 338 g/mol. The quantitative estimate of drug-likeness (QED) is 0.643. The maximum absolute atomic E-state index is 11.1.